The number of amides is 1. The van der Waals surface area contributed by atoms with Crippen molar-refractivity contribution in [2.75, 3.05) is 23.7 Å². The van der Waals surface area contributed by atoms with Gasteiger partial charge in [-0.05, 0) is 44.7 Å². The van der Waals surface area contributed by atoms with Crippen molar-refractivity contribution in [3.05, 3.63) is 34.5 Å². The van der Waals surface area contributed by atoms with Gasteiger partial charge in [0.05, 0.1) is 18.6 Å². The molecule has 0 bridgehead atoms. The Morgan fingerprint density at radius 3 is 2.81 bits per heavy atom. The van der Waals surface area contributed by atoms with E-state index in [2.05, 4.69) is 27.1 Å². The van der Waals surface area contributed by atoms with Gasteiger partial charge in [-0.3, -0.25) is 14.2 Å². The SMILES string of the molecule is CC1CCN(c2nc3nc(SCC(=O)NCc4ccco4)n(C(C)C)c(=O)c3s2)CC1. The lowest BCUT2D eigenvalue weighted by Gasteiger charge is -2.29. The molecule has 0 spiro atoms. The Bertz CT molecular complexity index is 1100. The summed E-state index contributed by atoms with van der Waals surface area (Å²) in [7, 11) is 0. The summed E-state index contributed by atoms with van der Waals surface area (Å²) in [5, 5.41) is 4.20. The van der Waals surface area contributed by atoms with Gasteiger partial charge in [-0.1, -0.05) is 30.0 Å². The van der Waals surface area contributed by atoms with Crippen LogP contribution in [-0.4, -0.2) is 39.3 Å². The van der Waals surface area contributed by atoms with Crippen molar-refractivity contribution >= 4 is 44.5 Å². The van der Waals surface area contributed by atoms with Gasteiger partial charge in [0.1, 0.15) is 10.5 Å². The van der Waals surface area contributed by atoms with Crippen LogP contribution in [0.15, 0.2) is 32.8 Å². The van der Waals surface area contributed by atoms with Gasteiger partial charge in [0.2, 0.25) is 5.91 Å². The third-order valence-corrected chi connectivity index (χ3v) is 7.41. The van der Waals surface area contributed by atoms with Crippen molar-refractivity contribution in [1.29, 1.82) is 0 Å². The summed E-state index contributed by atoms with van der Waals surface area (Å²) in [6.07, 6.45) is 3.84. The number of piperidine rings is 1. The van der Waals surface area contributed by atoms with Crippen molar-refractivity contribution in [2.24, 2.45) is 5.92 Å². The highest BCUT2D eigenvalue weighted by Gasteiger charge is 2.23. The number of carbonyl (C=O) groups excluding carboxylic acids is 1. The van der Waals surface area contributed by atoms with E-state index in [-0.39, 0.29) is 23.3 Å². The fourth-order valence-electron chi connectivity index (χ4n) is 3.53. The van der Waals surface area contributed by atoms with Gasteiger partial charge < -0.3 is 14.6 Å². The first-order valence-electron chi connectivity index (χ1n) is 10.5. The number of anilines is 1. The van der Waals surface area contributed by atoms with Gasteiger partial charge in [-0.2, -0.15) is 4.98 Å². The number of carbonyl (C=O) groups is 1. The Hall–Kier alpha value is -2.33. The van der Waals surface area contributed by atoms with Crippen molar-refractivity contribution < 1.29 is 9.21 Å². The fraction of sp³-hybridized carbons (Fsp3) is 0.524. The van der Waals surface area contributed by atoms with Crippen LogP contribution >= 0.6 is 23.1 Å². The standard InChI is InChI=1S/C21H27N5O3S2/c1-13(2)26-19(28)17-18(23-20(31-17)25-8-6-14(3)7-9-25)24-21(26)30-12-16(27)22-11-15-5-4-10-29-15/h4-5,10,13-14H,6-9,11-12H2,1-3H3,(H,22,27). The zero-order valence-electron chi connectivity index (χ0n) is 18.0. The Kier molecular flexibility index (Phi) is 6.66. The van der Waals surface area contributed by atoms with Gasteiger partial charge in [0.15, 0.2) is 15.9 Å². The number of hydrogen-bond donors (Lipinski definition) is 1. The molecule has 8 nitrogen and oxygen atoms in total. The Balaban J connectivity index is 1.53. The van der Waals surface area contributed by atoms with Crippen molar-refractivity contribution in [2.45, 2.75) is 51.4 Å². The van der Waals surface area contributed by atoms with Crippen LogP contribution in [0.1, 0.15) is 45.4 Å². The fourth-order valence-corrected chi connectivity index (χ4v) is 5.47. The van der Waals surface area contributed by atoms with E-state index >= 15 is 0 Å². The quantitative estimate of drug-likeness (QED) is 0.424. The van der Waals surface area contributed by atoms with E-state index < -0.39 is 0 Å². The van der Waals surface area contributed by atoms with Crippen molar-refractivity contribution in [1.82, 2.24) is 19.9 Å². The van der Waals surface area contributed by atoms with Crippen LogP contribution in [0.5, 0.6) is 0 Å². The van der Waals surface area contributed by atoms with Crippen molar-refractivity contribution in [3.8, 4) is 0 Å². The van der Waals surface area contributed by atoms with Gasteiger partial charge >= 0.3 is 0 Å². The summed E-state index contributed by atoms with van der Waals surface area (Å²) in [4.78, 5) is 37.1. The lowest BCUT2D eigenvalue weighted by molar-refractivity contribution is -0.118. The van der Waals surface area contributed by atoms with Crippen LogP contribution in [-0.2, 0) is 11.3 Å². The van der Waals surface area contributed by atoms with E-state index in [0.717, 1.165) is 37.0 Å². The highest BCUT2D eigenvalue weighted by atomic mass is 32.2. The number of furan rings is 1. The Morgan fingerprint density at radius 2 is 2.13 bits per heavy atom. The molecule has 0 aliphatic carbocycles. The number of rotatable bonds is 7. The zero-order chi connectivity index (χ0) is 22.0. The molecule has 0 unspecified atom stereocenters. The smallest absolute Gasteiger partial charge is 0.274 e. The van der Waals surface area contributed by atoms with Gasteiger partial charge in [-0.25, -0.2) is 4.98 Å². The van der Waals surface area contributed by atoms with Gasteiger partial charge in [0, 0.05) is 19.1 Å². The number of thiazole rings is 1. The number of aromatic nitrogens is 3. The third-order valence-electron chi connectivity index (χ3n) is 5.36. The summed E-state index contributed by atoms with van der Waals surface area (Å²) in [6.45, 7) is 8.41. The Labute approximate surface area is 189 Å². The first-order chi connectivity index (χ1) is 14.9. The highest BCUT2D eigenvalue weighted by molar-refractivity contribution is 7.99. The molecule has 4 rings (SSSR count). The first-order valence-corrected chi connectivity index (χ1v) is 12.3. The minimum Gasteiger partial charge on any atom is -0.467 e. The second-order valence-corrected chi connectivity index (χ2v) is 10.0. The topological polar surface area (TPSA) is 93.3 Å². The van der Waals surface area contributed by atoms with Gasteiger partial charge in [-0.15, -0.1) is 0 Å². The molecule has 1 fully saturated rings. The largest absolute Gasteiger partial charge is 0.467 e. The molecule has 4 heterocycles. The van der Waals surface area contributed by atoms with Crippen LogP contribution in [0.2, 0.25) is 0 Å². The summed E-state index contributed by atoms with van der Waals surface area (Å²) in [6, 6.07) is 3.52. The average molecular weight is 462 g/mol. The minimum absolute atomic E-state index is 0.0699. The lowest BCUT2D eigenvalue weighted by atomic mass is 10.00. The summed E-state index contributed by atoms with van der Waals surface area (Å²) < 4.78 is 7.47. The van der Waals surface area contributed by atoms with E-state index in [1.54, 1.807) is 16.9 Å². The molecule has 31 heavy (non-hydrogen) atoms. The van der Waals surface area contributed by atoms with Crippen LogP contribution in [0.3, 0.4) is 0 Å². The van der Waals surface area contributed by atoms with Crippen LogP contribution < -0.4 is 15.8 Å². The van der Waals surface area contributed by atoms with Crippen molar-refractivity contribution in [3.63, 3.8) is 0 Å². The molecule has 1 N–H and O–H groups in total. The van der Waals surface area contributed by atoms with Crippen LogP contribution in [0.25, 0.3) is 10.3 Å². The highest BCUT2D eigenvalue weighted by Crippen LogP contribution is 2.31. The Morgan fingerprint density at radius 1 is 1.35 bits per heavy atom. The number of thioether (sulfide) groups is 1. The number of nitrogens with one attached hydrogen (secondary N) is 1. The number of nitrogens with zero attached hydrogens (tertiary/aromatic N) is 4. The average Bonchev–Trinajstić information content (AvgIpc) is 3.41. The van der Waals surface area contributed by atoms with Crippen LogP contribution in [0, 0.1) is 5.92 Å². The van der Waals surface area contributed by atoms with E-state index in [1.807, 2.05) is 19.9 Å². The minimum atomic E-state index is -0.146. The van der Waals surface area contributed by atoms with E-state index in [1.165, 1.54) is 23.1 Å². The number of fused-ring (bicyclic) bond motifs is 1. The third kappa shape index (κ3) is 4.95. The molecule has 0 radical (unpaired) electrons. The molecule has 1 aliphatic heterocycles. The molecule has 1 saturated heterocycles. The monoisotopic (exact) mass is 461 g/mol. The second-order valence-electron chi connectivity index (χ2n) is 8.13. The number of hydrogen-bond acceptors (Lipinski definition) is 8. The second kappa shape index (κ2) is 9.44. The predicted molar refractivity (Wildman–Crippen MR) is 124 cm³/mol. The molecule has 1 aliphatic rings. The summed E-state index contributed by atoms with van der Waals surface area (Å²) in [5.41, 5.74) is 0.381. The van der Waals surface area contributed by atoms with Gasteiger partial charge in [0.25, 0.3) is 5.56 Å². The first kappa shape index (κ1) is 21.9. The molecular formula is C21H27N5O3S2. The molecule has 3 aromatic rings. The zero-order valence-corrected chi connectivity index (χ0v) is 19.6. The molecule has 0 saturated carbocycles. The molecule has 166 valence electrons. The molecule has 0 atom stereocenters. The molecule has 1 amide bonds. The maximum atomic E-state index is 13.2. The maximum Gasteiger partial charge on any atom is 0.274 e. The van der Waals surface area contributed by atoms with E-state index in [0.29, 0.717) is 27.8 Å². The molecule has 0 aromatic carbocycles. The molecule has 3 aromatic heterocycles. The summed E-state index contributed by atoms with van der Waals surface area (Å²) >= 11 is 2.68. The van der Waals surface area contributed by atoms with E-state index in [4.69, 9.17) is 4.42 Å². The molecule has 10 heteroatoms. The maximum absolute atomic E-state index is 13.2. The van der Waals surface area contributed by atoms with E-state index in [9.17, 15) is 9.59 Å². The molecular weight excluding hydrogens is 434 g/mol. The van der Waals surface area contributed by atoms with Crippen LogP contribution in [0.4, 0.5) is 5.13 Å². The normalized spacial score (nSPS) is 15.2. The summed E-state index contributed by atoms with van der Waals surface area (Å²) in [5.74, 6) is 1.43. The lowest BCUT2D eigenvalue weighted by Crippen LogP contribution is -2.32. The predicted octanol–water partition coefficient (Wildman–Crippen LogP) is 3.67.